The maximum atomic E-state index is 13.3. The van der Waals surface area contributed by atoms with Gasteiger partial charge in [0.15, 0.2) is 11.5 Å². The SMILES string of the molecule is O=C1CC(CCc2ccccc2)(CCc2ccccc2)OC2=C1C1(O)OC1(O)C(O)(O)C2(O)O. The van der Waals surface area contributed by atoms with E-state index in [9.17, 15) is 35.4 Å². The number of carbonyl (C=O) groups excluding carboxylic acids is 1. The molecule has 2 unspecified atom stereocenters. The molecule has 0 saturated carbocycles. The van der Waals surface area contributed by atoms with E-state index in [-0.39, 0.29) is 19.3 Å². The van der Waals surface area contributed by atoms with E-state index >= 15 is 0 Å². The van der Waals surface area contributed by atoms with Crippen molar-refractivity contribution in [2.75, 3.05) is 0 Å². The zero-order valence-corrected chi connectivity index (χ0v) is 18.2. The average molecular weight is 470 g/mol. The van der Waals surface area contributed by atoms with E-state index in [1.807, 2.05) is 60.7 Å². The van der Waals surface area contributed by atoms with Gasteiger partial charge in [0.1, 0.15) is 11.2 Å². The van der Waals surface area contributed by atoms with E-state index in [2.05, 4.69) is 0 Å². The van der Waals surface area contributed by atoms with Crippen molar-refractivity contribution in [1.29, 1.82) is 0 Å². The van der Waals surface area contributed by atoms with Crippen molar-refractivity contribution in [3.05, 3.63) is 83.1 Å². The highest BCUT2D eigenvalue weighted by Crippen LogP contribution is 2.64. The number of Topliss-reactive ketones (excluding diaryl/α,β-unsaturated/α-hetero) is 1. The summed E-state index contributed by atoms with van der Waals surface area (Å²) in [4.78, 5) is 13.3. The van der Waals surface area contributed by atoms with Gasteiger partial charge in [-0.2, -0.15) is 0 Å². The van der Waals surface area contributed by atoms with Gasteiger partial charge >= 0.3 is 0 Å². The molecule has 9 heteroatoms. The first-order valence-electron chi connectivity index (χ1n) is 11.1. The Hall–Kier alpha value is -2.63. The van der Waals surface area contributed by atoms with Gasteiger partial charge in [-0.1, -0.05) is 60.7 Å². The number of carbonyl (C=O) groups is 1. The minimum atomic E-state index is -3.77. The van der Waals surface area contributed by atoms with E-state index in [1.165, 1.54) is 0 Å². The lowest BCUT2D eigenvalue weighted by atomic mass is 9.74. The van der Waals surface area contributed by atoms with E-state index in [1.54, 1.807) is 0 Å². The van der Waals surface area contributed by atoms with Gasteiger partial charge in [0, 0.05) is 0 Å². The van der Waals surface area contributed by atoms with Crippen LogP contribution >= 0.6 is 0 Å². The van der Waals surface area contributed by atoms with Crippen LogP contribution in [0.5, 0.6) is 0 Å². The van der Waals surface area contributed by atoms with Crippen LogP contribution in [0.4, 0.5) is 0 Å². The van der Waals surface area contributed by atoms with Gasteiger partial charge in [0.2, 0.25) is 0 Å². The summed E-state index contributed by atoms with van der Waals surface area (Å²) in [6.07, 6.45) is 1.31. The molecule has 5 rings (SSSR count). The molecule has 0 amide bonds. The number of fused-ring (bicyclic) bond motifs is 2. The molecule has 0 spiro atoms. The third-order valence-corrected chi connectivity index (χ3v) is 7.06. The summed E-state index contributed by atoms with van der Waals surface area (Å²) >= 11 is 0. The molecule has 2 atom stereocenters. The Morgan fingerprint density at radius 1 is 0.765 bits per heavy atom. The summed E-state index contributed by atoms with van der Waals surface area (Å²) in [5, 5.41) is 63.0. The molecule has 2 aromatic carbocycles. The third kappa shape index (κ3) is 3.17. The van der Waals surface area contributed by atoms with Crippen LogP contribution in [-0.4, -0.2) is 65.2 Å². The quantitative estimate of drug-likeness (QED) is 0.253. The molecule has 1 aliphatic carbocycles. The number of hydrogen-bond acceptors (Lipinski definition) is 9. The molecule has 1 saturated heterocycles. The number of hydrogen-bond donors (Lipinski definition) is 6. The Kier molecular flexibility index (Phi) is 5.06. The van der Waals surface area contributed by atoms with Gasteiger partial charge in [-0.15, -0.1) is 0 Å². The molecule has 2 heterocycles. The standard InChI is InChI=1S/C25H26O9/c26-18-15-21(13-11-16-7-3-1-4-8-16,14-12-17-9-5-2-6-10-17)33-20-19(18)23(29)25(32,34-23)24(30,31)22(20,27)28/h1-10,27-32H,11-15H2. The highest BCUT2D eigenvalue weighted by Gasteiger charge is 2.91. The highest BCUT2D eigenvalue weighted by atomic mass is 16.9. The molecule has 3 aliphatic rings. The molecular weight excluding hydrogens is 444 g/mol. The number of aryl methyl sites for hydroxylation is 2. The van der Waals surface area contributed by atoms with Gasteiger partial charge < -0.3 is 35.4 Å². The van der Waals surface area contributed by atoms with Crippen LogP contribution in [0.3, 0.4) is 0 Å². The van der Waals surface area contributed by atoms with Crippen molar-refractivity contribution in [3.8, 4) is 0 Å². The van der Waals surface area contributed by atoms with Crippen molar-refractivity contribution in [2.24, 2.45) is 0 Å². The maximum absolute atomic E-state index is 13.3. The Balaban J connectivity index is 1.53. The topological polar surface area (TPSA) is 160 Å². The van der Waals surface area contributed by atoms with Gasteiger partial charge in [-0.3, -0.25) is 9.53 Å². The predicted molar refractivity (Wildman–Crippen MR) is 115 cm³/mol. The molecule has 1 fully saturated rings. The van der Waals surface area contributed by atoms with Gasteiger partial charge in [0.25, 0.3) is 23.1 Å². The molecule has 9 nitrogen and oxygen atoms in total. The first kappa shape index (κ1) is 23.1. The first-order valence-corrected chi connectivity index (χ1v) is 11.1. The normalized spacial score (nSPS) is 30.2. The third-order valence-electron chi connectivity index (χ3n) is 7.06. The summed E-state index contributed by atoms with van der Waals surface area (Å²) in [7, 11) is 0. The van der Waals surface area contributed by atoms with Crippen LogP contribution in [-0.2, 0) is 27.1 Å². The minimum absolute atomic E-state index is 0.243. The summed E-state index contributed by atoms with van der Waals surface area (Å²) < 4.78 is 10.7. The average Bonchev–Trinajstić information content (AvgIpc) is 3.40. The summed E-state index contributed by atoms with van der Waals surface area (Å²) in [6, 6.07) is 18.9. The van der Waals surface area contributed by atoms with Crippen molar-refractivity contribution < 1.29 is 44.9 Å². The lowest BCUT2D eigenvalue weighted by Crippen LogP contribution is -2.71. The maximum Gasteiger partial charge on any atom is 0.291 e. The highest BCUT2D eigenvalue weighted by molar-refractivity contribution is 6.00. The van der Waals surface area contributed by atoms with Crippen LogP contribution in [0, 0.1) is 0 Å². The second kappa shape index (κ2) is 7.43. The summed E-state index contributed by atoms with van der Waals surface area (Å²) in [5.74, 6) is -15.1. The molecule has 0 radical (unpaired) electrons. The molecule has 6 N–H and O–H groups in total. The van der Waals surface area contributed by atoms with E-state index in [0.717, 1.165) is 11.1 Å². The number of benzene rings is 2. The number of epoxide rings is 1. The Morgan fingerprint density at radius 3 is 1.76 bits per heavy atom. The largest absolute Gasteiger partial charge is 0.485 e. The Bertz CT molecular complexity index is 1100. The minimum Gasteiger partial charge on any atom is -0.485 e. The predicted octanol–water partition coefficient (Wildman–Crippen LogP) is 0.0171. The van der Waals surface area contributed by atoms with E-state index < -0.39 is 45.9 Å². The Labute approximate surface area is 195 Å². The summed E-state index contributed by atoms with van der Waals surface area (Å²) in [5.41, 5.74) is -0.0430. The summed E-state index contributed by atoms with van der Waals surface area (Å²) in [6.45, 7) is 0. The number of rotatable bonds is 6. The number of aliphatic hydroxyl groups is 6. The molecule has 2 aromatic rings. The molecule has 2 aliphatic heterocycles. The zero-order chi connectivity index (χ0) is 24.4. The number of ketones is 1. The van der Waals surface area contributed by atoms with Crippen molar-refractivity contribution >= 4 is 5.78 Å². The lowest BCUT2D eigenvalue weighted by molar-refractivity contribution is -0.409. The van der Waals surface area contributed by atoms with Crippen LogP contribution < -0.4 is 0 Å². The number of ether oxygens (including phenoxy) is 2. The van der Waals surface area contributed by atoms with E-state index in [4.69, 9.17) is 9.47 Å². The van der Waals surface area contributed by atoms with Crippen molar-refractivity contribution in [1.82, 2.24) is 0 Å². The molecule has 0 aromatic heterocycles. The second-order valence-electron chi connectivity index (χ2n) is 9.29. The van der Waals surface area contributed by atoms with Crippen LogP contribution in [0.1, 0.15) is 30.4 Å². The van der Waals surface area contributed by atoms with Crippen LogP contribution in [0.15, 0.2) is 72.0 Å². The van der Waals surface area contributed by atoms with Gasteiger partial charge in [-0.05, 0) is 36.8 Å². The van der Waals surface area contributed by atoms with Crippen molar-refractivity contribution in [2.45, 2.75) is 60.9 Å². The fourth-order valence-electron chi connectivity index (χ4n) is 4.95. The van der Waals surface area contributed by atoms with Gasteiger partial charge in [-0.25, -0.2) is 0 Å². The molecule has 0 bridgehead atoms. The Morgan fingerprint density at radius 2 is 1.26 bits per heavy atom. The second-order valence-corrected chi connectivity index (χ2v) is 9.29. The fourth-order valence-corrected chi connectivity index (χ4v) is 4.95. The smallest absolute Gasteiger partial charge is 0.291 e. The van der Waals surface area contributed by atoms with Crippen LogP contribution in [0.2, 0.25) is 0 Å². The zero-order valence-electron chi connectivity index (χ0n) is 18.2. The van der Waals surface area contributed by atoms with E-state index in [0.29, 0.717) is 12.8 Å². The molecule has 180 valence electrons. The lowest BCUT2D eigenvalue weighted by Gasteiger charge is -2.48. The first-order chi connectivity index (χ1) is 16.0. The van der Waals surface area contributed by atoms with Crippen LogP contribution in [0.25, 0.3) is 0 Å². The monoisotopic (exact) mass is 470 g/mol. The fraction of sp³-hybridized carbons (Fsp3) is 0.400. The molecular formula is C25H26O9. The van der Waals surface area contributed by atoms with Crippen molar-refractivity contribution in [3.63, 3.8) is 0 Å². The van der Waals surface area contributed by atoms with Gasteiger partial charge in [0.05, 0.1) is 6.42 Å². The molecule has 34 heavy (non-hydrogen) atoms.